The van der Waals surface area contributed by atoms with Crippen molar-refractivity contribution in [1.29, 1.82) is 0 Å². The minimum atomic E-state index is 0.00569. The van der Waals surface area contributed by atoms with Crippen molar-refractivity contribution in [3.05, 3.63) is 66.0 Å². The Morgan fingerprint density at radius 3 is 2.52 bits per heavy atom. The van der Waals surface area contributed by atoms with Crippen LogP contribution in [-0.2, 0) is 11.2 Å². The number of para-hydroxylation sites is 1. The SMILES string of the molecule is CCc1ccc([C@H](NC(=O)CSc2ncnc3ccccc23)C(C)C)cc1. The van der Waals surface area contributed by atoms with Gasteiger partial charge in [0.2, 0.25) is 5.91 Å². The molecule has 3 aromatic rings. The molecule has 1 amide bonds. The molecule has 0 saturated heterocycles. The molecule has 0 aliphatic carbocycles. The van der Waals surface area contributed by atoms with Crippen molar-refractivity contribution in [2.75, 3.05) is 5.75 Å². The largest absolute Gasteiger partial charge is 0.348 e. The molecule has 5 heteroatoms. The van der Waals surface area contributed by atoms with Crippen molar-refractivity contribution >= 4 is 28.6 Å². The molecule has 4 nitrogen and oxygen atoms in total. The van der Waals surface area contributed by atoms with Crippen LogP contribution in [0, 0.1) is 5.92 Å². The number of carbonyl (C=O) groups excluding carboxylic acids is 1. The molecule has 3 rings (SSSR count). The second kappa shape index (κ2) is 9.00. The van der Waals surface area contributed by atoms with E-state index in [1.165, 1.54) is 17.3 Å². The van der Waals surface area contributed by atoms with Gasteiger partial charge in [0, 0.05) is 5.39 Å². The molecule has 1 aromatic heterocycles. The van der Waals surface area contributed by atoms with Gasteiger partial charge in [-0.1, -0.05) is 75.0 Å². The Labute approximate surface area is 164 Å². The van der Waals surface area contributed by atoms with Gasteiger partial charge in [-0.05, 0) is 29.5 Å². The third-order valence-corrected chi connectivity index (χ3v) is 5.58. The molecule has 27 heavy (non-hydrogen) atoms. The summed E-state index contributed by atoms with van der Waals surface area (Å²) in [5.74, 6) is 0.657. The Hall–Kier alpha value is -2.40. The van der Waals surface area contributed by atoms with Crippen molar-refractivity contribution in [3.63, 3.8) is 0 Å². The predicted octanol–water partition coefficient (Wildman–Crippen LogP) is 4.80. The molecule has 1 heterocycles. The topological polar surface area (TPSA) is 54.9 Å². The lowest BCUT2D eigenvalue weighted by molar-refractivity contribution is -0.119. The smallest absolute Gasteiger partial charge is 0.230 e. The molecule has 0 aliphatic rings. The van der Waals surface area contributed by atoms with Crippen LogP contribution < -0.4 is 5.32 Å². The summed E-state index contributed by atoms with van der Waals surface area (Å²) in [6.45, 7) is 6.40. The molecule has 0 spiro atoms. The van der Waals surface area contributed by atoms with Crippen LogP contribution in [0.1, 0.15) is 37.9 Å². The van der Waals surface area contributed by atoms with Crippen molar-refractivity contribution in [2.24, 2.45) is 5.92 Å². The first-order valence-electron chi connectivity index (χ1n) is 9.29. The standard InChI is InChI=1S/C22H25N3OS/c1-4-16-9-11-17(12-10-16)21(15(2)3)25-20(26)13-27-22-18-7-5-6-8-19(18)23-14-24-22/h5-12,14-15,21H,4,13H2,1-3H3,(H,25,26)/t21-/m1/s1. The van der Waals surface area contributed by atoms with Gasteiger partial charge in [-0.2, -0.15) is 0 Å². The Balaban J connectivity index is 1.67. The van der Waals surface area contributed by atoms with Gasteiger partial charge in [-0.3, -0.25) is 4.79 Å². The molecule has 140 valence electrons. The predicted molar refractivity (Wildman–Crippen MR) is 112 cm³/mol. The third-order valence-electron chi connectivity index (χ3n) is 4.58. The summed E-state index contributed by atoms with van der Waals surface area (Å²) in [6.07, 6.45) is 2.57. The number of hydrogen-bond acceptors (Lipinski definition) is 4. The highest BCUT2D eigenvalue weighted by Crippen LogP contribution is 2.25. The maximum Gasteiger partial charge on any atom is 0.230 e. The number of nitrogens with zero attached hydrogens (tertiary/aromatic N) is 2. The fourth-order valence-electron chi connectivity index (χ4n) is 3.04. The van der Waals surface area contributed by atoms with Crippen molar-refractivity contribution in [2.45, 2.75) is 38.3 Å². The highest BCUT2D eigenvalue weighted by Gasteiger charge is 2.18. The molecule has 0 fully saturated rings. The van der Waals surface area contributed by atoms with Gasteiger partial charge >= 0.3 is 0 Å². The molecule has 1 atom stereocenters. The monoisotopic (exact) mass is 379 g/mol. The number of aryl methyl sites for hydroxylation is 1. The molecule has 1 N–H and O–H groups in total. The zero-order valence-electron chi connectivity index (χ0n) is 16.0. The molecule has 0 radical (unpaired) electrons. The van der Waals surface area contributed by atoms with Crippen molar-refractivity contribution in [3.8, 4) is 0 Å². The number of nitrogens with one attached hydrogen (secondary N) is 1. The minimum absolute atomic E-state index is 0.00569. The summed E-state index contributed by atoms with van der Waals surface area (Å²) in [5, 5.41) is 5.00. The molecule has 0 unspecified atom stereocenters. The van der Waals surface area contributed by atoms with E-state index in [0.717, 1.165) is 27.9 Å². The zero-order chi connectivity index (χ0) is 19.2. The first-order valence-corrected chi connectivity index (χ1v) is 10.3. The number of aromatic nitrogens is 2. The Morgan fingerprint density at radius 2 is 1.81 bits per heavy atom. The van der Waals surface area contributed by atoms with Crippen LogP contribution >= 0.6 is 11.8 Å². The lowest BCUT2D eigenvalue weighted by Crippen LogP contribution is -2.33. The number of carbonyl (C=O) groups is 1. The number of rotatable bonds is 7. The maximum atomic E-state index is 12.6. The van der Waals surface area contributed by atoms with E-state index in [1.54, 1.807) is 6.33 Å². The lowest BCUT2D eigenvalue weighted by Gasteiger charge is -2.23. The van der Waals surface area contributed by atoms with Gasteiger partial charge in [0.1, 0.15) is 11.4 Å². The number of amides is 1. The number of hydrogen-bond donors (Lipinski definition) is 1. The van der Waals surface area contributed by atoms with Crippen molar-refractivity contribution < 1.29 is 4.79 Å². The number of thioether (sulfide) groups is 1. The van der Waals surface area contributed by atoms with Gasteiger partial charge in [0.25, 0.3) is 0 Å². The first-order chi connectivity index (χ1) is 13.1. The summed E-state index contributed by atoms with van der Waals surface area (Å²) >= 11 is 1.45. The number of benzene rings is 2. The number of fused-ring (bicyclic) bond motifs is 1. The summed E-state index contributed by atoms with van der Waals surface area (Å²) in [6, 6.07) is 16.4. The fraction of sp³-hybridized carbons (Fsp3) is 0.318. The van der Waals surface area contributed by atoms with E-state index in [0.29, 0.717) is 11.7 Å². The van der Waals surface area contributed by atoms with Gasteiger partial charge < -0.3 is 5.32 Å². The van der Waals surface area contributed by atoms with Crippen LogP contribution in [0.5, 0.6) is 0 Å². The Morgan fingerprint density at radius 1 is 1.07 bits per heavy atom. The van der Waals surface area contributed by atoms with Gasteiger partial charge in [0.05, 0.1) is 17.3 Å². The van der Waals surface area contributed by atoms with E-state index in [4.69, 9.17) is 0 Å². The third kappa shape index (κ3) is 4.86. The van der Waals surface area contributed by atoms with E-state index in [2.05, 4.69) is 60.3 Å². The van der Waals surface area contributed by atoms with Crippen LogP contribution in [0.2, 0.25) is 0 Å². The van der Waals surface area contributed by atoms with Crippen LogP contribution in [-0.4, -0.2) is 21.6 Å². The summed E-state index contributed by atoms with van der Waals surface area (Å²) in [5.41, 5.74) is 3.35. The summed E-state index contributed by atoms with van der Waals surface area (Å²) in [7, 11) is 0. The summed E-state index contributed by atoms with van der Waals surface area (Å²) in [4.78, 5) is 21.2. The molecule has 0 aliphatic heterocycles. The Bertz CT molecular complexity index is 904. The van der Waals surface area contributed by atoms with Gasteiger partial charge in [-0.15, -0.1) is 0 Å². The summed E-state index contributed by atoms with van der Waals surface area (Å²) < 4.78 is 0. The zero-order valence-corrected chi connectivity index (χ0v) is 16.8. The quantitative estimate of drug-likeness (QED) is 0.473. The lowest BCUT2D eigenvalue weighted by atomic mass is 9.95. The van der Waals surface area contributed by atoms with E-state index >= 15 is 0 Å². The van der Waals surface area contributed by atoms with Crippen LogP contribution in [0.3, 0.4) is 0 Å². The molecular weight excluding hydrogens is 354 g/mol. The van der Waals surface area contributed by atoms with E-state index < -0.39 is 0 Å². The molecule has 2 aromatic carbocycles. The fourth-order valence-corrected chi connectivity index (χ4v) is 3.84. The van der Waals surface area contributed by atoms with Crippen LogP contribution in [0.25, 0.3) is 10.9 Å². The van der Waals surface area contributed by atoms with Crippen LogP contribution in [0.15, 0.2) is 59.9 Å². The van der Waals surface area contributed by atoms with E-state index in [9.17, 15) is 4.79 Å². The van der Waals surface area contributed by atoms with E-state index in [1.807, 2.05) is 24.3 Å². The molecule has 0 bridgehead atoms. The Kier molecular flexibility index (Phi) is 6.45. The first kappa shape index (κ1) is 19.4. The molecule has 0 saturated carbocycles. The van der Waals surface area contributed by atoms with Crippen LogP contribution in [0.4, 0.5) is 0 Å². The second-order valence-corrected chi connectivity index (χ2v) is 7.83. The van der Waals surface area contributed by atoms with Gasteiger partial charge in [0.15, 0.2) is 0 Å². The minimum Gasteiger partial charge on any atom is -0.348 e. The van der Waals surface area contributed by atoms with Gasteiger partial charge in [-0.25, -0.2) is 9.97 Å². The normalized spacial score (nSPS) is 12.3. The maximum absolute atomic E-state index is 12.6. The highest BCUT2D eigenvalue weighted by molar-refractivity contribution is 8.00. The van der Waals surface area contributed by atoms with E-state index in [-0.39, 0.29) is 11.9 Å². The average Bonchev–Trinajstić information content (AvgIpc) is 2.70. The average molecular weight is 380 g/mol. The second-order valence-electron chi connectivity index (χ2n) is 6.87. The highest BCUT2D eigenvalue weighted by atomic mass is 32.2. The molecular formula is C22H25N3OS. The van der Waals surface area contributed by atoms with Crippen molar-refractivity contribution in [1.82, 2.24) is 15.3 Å².